The number of nitriles is 1. The van der Waals surface area contributed by atoms with Crippen LogP contribution < -0.4 is 20.4 Å². The van der Waals surface area contributed by atoms with Gasteiger partial charge in [-0.3, -0.25) is 4.79 Å². The van der Waals surface area contributed by atoms with Crippen LogP contribution in [0.1, 0.15) is 23.8 Å². The fourth-order valence-electron chi connectivity index (χ4n) is 5.12. The minimum absolute atomic E-state index is 0.148. The SMILES string of the molecule is C[C@H]1CN(c2cc(F)c(C3=CCCN(c4ncc(C#N)s4)C3)cc2NC(=O)C2=CNCC=C2C(F)F)CCN1C. The summed E-state index contributed by atoms with van der Waals surface area (Å²) in [6.45, 7) is 5.33. The van der Waals surface area contributed by atoms with Crippen LogP contribution in [0.15, 0.2) is 47.8 Å². The second kappa shape index (κ2) is 11.7. The number of dihydropyridines is 1. The first-order valence-corrected chi connectivity index (χ1v) is 13.9. The van der Waals surface area contributed by atoms with Crippen molar-refractivity contribution in [1.29, 1.82) is 5.26 Å². The molecular formula is C28H30F3N7OS. The van der Waals surface area contributed by atoms with E-state index < -0.39 is 18.1 Å². The first-order valence-electron chi connectivity index (χ1n) is 13.1. The van der Waals surface area contributed by atoms with Crippen LogP contribution in [0.3, 0.4) is 0 Å². The molecule has 1 saturated heterocycles. The van der Waals surface area contributed by atoms with Gasteiger partial charge >= 0.3 is 0 Å². The Morgan fingerprint density at radius 1 is 1.25 bits per heavy atom. The number of carbonyl (C=O) groups is 1. The maximum atomic E-state index is 15.8. The Kier molecular flexibility index (Phi) is 8.14. The molecular weight excluding hydrogens is 539 g/mol. The molecule has 1 aromatic heterocycles. The number of anilines is 3. The number of hydrogen-bond acceptors (Lipinski definition) is 8. The molecule has 2 N–H and O–H groups in total. The van der Waals surface area contributed by atoms with Gasteiger partial charge in [0.1, 0.15) is 16.8 Å². The van der Waals surface area contributed by atoms with Crippen LogP contribution >= 0.6 is 11.3 Å². The quantitative estimate of drug-likeness (QED) is 0.539. The number of nitrogens with one attached hydrogen (secondary N) is 2. The lowest BCUT2D eigenvalue weighted by atomic mass is 9.98. The van der Waals surface area contributed by atoms with E-state index in [1.165, 1.54) is 35.9 Å². The summed E-state index contributed by atoms with van der Waals surface area (Å²) in [5.74, 6) is -1.12. The lowest BCUT2D eigenvalue weighted by Crippen LogP contribution is -2.50. The normalized spacial score (nSPS) is 19.9. The molecule has 12 heteroatoms. The number of halogens is 3. The molecule has 0 radical (unpaired) electrons. The van der Waals surface area contributed by atoms with Crippen molar-refractivity contribution in [3.05, 3.63) is 64.1 Å². The van der Waals surface area contributed by atoms with Crippen LogP contribution in [-0.4, -0.2) is 74.6 Å². The number of carbonyl (C=O) groups excluding carboxylic acids is 1. The van der Waals surface area contributed by atoms with Crippen molar-refractivity contribution in [2.75, 3.05) is 61.4 Å². The first-order chi connectivity index (χ1) is 19.2. The van der Waals surface area contributed by atoms with Crippen molar-refractivity contribution in [3.8, 4) is 6.07 Å². The van der Waals surface area contributed by atoms with Gasteiger partial charge < -0.3 is 25.3 Å². The lowest BCUT2D eigenvalue weighted by Gasteiger charge is -2.40. The smallest absolute Gasteiger partial charge is 0.264 e. The van der Waals surface area contributed by atoms with Crippen molar-refractivity contribution in [2.45, 2.75) is 25.8 Å². The molecule has 8 nitrogen and oxygen atoms in total. The Morgan fingerprint density at radius 2 is 2.08 bits per heavy atom. The number of aromatic nitrogens is 1. The monoisotopic (exact) mass is 569 g/mol. The average molecular weight is 570 g/mol. The summed E-state index contributed by atoms with van der Waals surface area (Å²) in [5, 5.41) is 15.5. The molecule has 4 heterocycles. The van der Waals surface area contributed by atoms with Gasteiger partial charge in [-0.25, -0.2) is 18.2 Å². The number of piperazine rings is 1. The molecule has 0 unspecified atom stereocenters. The molecule has 3 aliphatic heterocycles. The number of thiazole rings is 1. The van der Waals surface area contributed by atoms with Crippen LogP contribution in [-0.2, 0) is 4.79 Å². The third-order valence-corrected chi connectivity index (χ3v) is 8.44. The van der Waals surface area contributed by atoms with Crippen LogP contribution in [0.4, 0.5) is 29.7 Å². The zero-order chi connectivity index (χ0) is 28.4. The van der Waals surface area contributed by atoms with Gasteiger partial charge in [0.25, 0.3) is 12.3 Å². The van der Waals surface area contributed by atoms with Gasteiger partial charge in [0.05, 0.1) is 23.1 Å². The molecule has 0 spiro atoms. The van der Waals surface area contributed by atoms with Gasteiger partial charge in [-0.1, -0.05) is 23.5 Å². The van der Waals surface area contributed by atoms with E-state index in [1.807, 2.05) is 22.9 Å². The average Bonchev–Trinajstić information content (AvgIpc) is 3.45. The lowest BCUT2D eigenvalue weighted by molar-refractivity contribution is -0.112. The van der Waals surface area contributed by atoms with E-state index >= 15 is 4.39 Å². The van der Waals surface area contributed by atoms with E-state index in [1.54, 1.807) is 6.07 Å². The highest BCUT2D eigenvalue weighted by Gasteiger charge is 2.29. The van der Waals surface area contributed by atoms with Gasteiger partial charge in [-0.2, -0.15) is 5.26 Å². The molecule has 1 amide bonds. The Hall–Kier alpha value is -3.82. The van der Waals surface area contributed by atoms with Gasteiger partial charge in [0.2, 0.25) is 0 Å². The molecule has 1 atom stereocenters. The molecule has 3 aliphatic rings. The standard InChI is InChI=1S/C28H30F3N7OS/c1-17-15-37(9-8-36(17)2)25-11-23(29)21(18-4-3-7-38(16-18)28-34-13-19(12-32)40-28)10-24(25)35-27(39)22-14-33-6-5-20(22)26(30)31/h4-5,10-11,13-14,17,26,33H,3,6-9,15-16H2,1-2H3,(H,35,39)/t17-/m0/s1. The van der Waals surface area contributed by atoms with Gasteiger partial charge in [0.15, 0.2) is 5.13 Å². The van der Waals surface area contributed by atoms with E-state index in [-0.39, 0.29) is 23.7 Å². The van der Waals surface area contributed by atoms with E-state index in [0.29, 0.717) is 59.5 Å². The molecule has 5 rings (SSSR count). The molecule has 0 bridgehead atoms. The Morgan fingerprint density at radius 3 is 2.80 bits per heavy atom. The zero-order valence-electron chi connectivity index (χ0n) is 22.3. The Labute approximate surface area is 235 Å². The molecule has 1 fully saturated rings. The number of benzene rings is 1. The number of amides is 1. The highest BCUT2D eigenvalue weighted by molar-refractivity contribution is 7.16. The minimum Gasteiger partial charge on any atom is -0.387 e. The van der Waals surface area contributed by atoms with Crippen LogP contribution in [0.5, 0.6) is 0 Å². The van der Waals surface area contributed by atoms with Crippen LogP contribution in [0.2, 0.25) is 0 Å². The Bertz CT molecular complexity index is 1430. The van der Waals surface area contributed by atoms with Crippen molar-refractivity contribution in [1.82, 2.24) is 15.2 Å². The molecule has 2 aromatic rings. The number of hydrogen-bond donors (Lipinski definition) is 2. The van der Waals surface area contributed by atoms with Gasteiger partial charge in [-0.15, -0.1) is 0 Å². The molecule has 0 saturated carbocycles. The number of likely N-dealkylation sites (N-methyl/N-ethyl adjacent to an activating group) is 1. The van der Waals surface area contributed by atoms with Crippen molar-refractivity contribution in [3.63, 3.8) is 0 Å². The summed E-state index contributed by atoms with van der Waals surface area (Å²) in [6.07, 6.45) is 3.93. The summed E-state index contributed by atoms with van der Waals surface area (Å²) >= 11 is 1.28. The fraction of sp³-hybridized carbons (Fsp3) is 0.393. The van der Waals surface area contributed by atoms with Crippen molar-refractivity contribution in [2.24, 2.45) is 0 Å². The van der Waals surface area contributed by atoms with E-state index in [0.717, 1.165) is 12.1 Å². The second-order valence-corrected chi connectivity index (χ2v) is 11.1. The summed E-state index contributed by atoms with van der Waals surface area (Å²) in [5.41, 5.74) is 1.43. The highest BCUT2D eigenvalue weighted by Crippen LogP contribution is 2.36. The van der Waals surface area contributed by atoms with Crippen LogP contribution in [0.25, 0.3) is 5.57 Å². The molecule has 1 aromatic carbocycles. The second-order valence-electron chi connectivity index (χ2n) is 10.1. The topological polar surface area (TPSA) is 87.5 Å². The Balaban J connectivity index is 1.49. The van der Waals surface area contributed by atoms with Crippen LogP contribution in [0, 0.1) is 17.1 Å². The van der Waals surface area contributed by atoms with Gasteiger partial charge in [-0.05, 0) is 38.1 Å². The maximum absolute atomic E-state index is 15.8. The number of alkyl halides is 2. The molecule has 210 valence electrons. The largest absolute Gasteiger partial charge is 0.387 e. The number of rotatable bonds is 6. The molecule has 0 aliphatic carbocycles. The fourth-order valence-corrected chi connectivity index (χ4v) is 5.86. The maximum Gasteiger partial charge on any atom is 0.264 e. The number of nitrogens with zero attached hydrogens (tertiary/aromatic N) is 5. The summed E-state index contributed by atoms with van der Waals surface area (Å²) in [7, 11) is 2.03. The minimum atomic E-state index is -2.80. The predicted octanol–water partition coefficient (Wildman–Crippen LogP) is 4.20. The van der Waals surface area contributed by atoms with Crippen molar-refractivity contribution >= 4 is 39.3 Å². The molecule has 40 heavy (non-hydrogen) atoms. The third-order valence-electron chi connectivity index (χ3n) is 7.48. The van der Waals surface area contributed by atoms with E-state index in [4.69, 9.17) is 0 Å². The third kappa shape index (κ3) is 5.71. The van der Waals surface area contributed by atoms with Crippen molar-refractivity contribution < 1.29 is 18.0 Å². The first kappa shape index (κ1) is 27.7. The zero-order valence-corrected chi connectivity index (χ0v) is 23.1. The summed E-state index contributed by atoms with van der Waals surface area (Å²) in [6, 6.07) is 5.32. The van der Waals surface area contributed by atoms with Gasteiger partial charge in [0, 0.05) is 62.6 Å². The van der Waals surface area contributed by atoms with E-state index in [2.05, 4.69) is 33.5 Å². The highest BCUT2D eigenvalue weighted by atomic mass is 32.1. The summed E-state index contributed by atoms with van der Waals surface area (Å²) in [4.78, 5) is 24.4. The van der Waals surface area contributed by atoms with E-state index in [9.17, 15) is 18.8 Å². The summed E-state index contributed by atoms with van der Waals surface area (Å²) < 4.78 is 43.1. The predicted molar refractivity (Wildman–Crippen MR) is 151 cm³/mol.